The Morgan fingerprint density at radius 3 is 3.00 bits per heavy atom. The van der Waals surface area contributed by atoms with Crippen LogP contribution in [0.5, 0.6) is 0 Å². The molecule has 0 spiro atoms. The van der Waals surface area contributed by atoms with E-state index in [2.05, 4.69) is 64.7 Å². The lowest BCUT2D eigenvalue weighted by Gasteiger charge is -2.38. The Balaban J connectivity index is 1.56. The maximum absolute atomic E-state index is 4.41. The van der Waals surface area contributed by atoms with E-state index in [4.69, 9.17) is 0 Å². The molecule has 1 aromatic carbocycles. The molecule has 0 bridgehead atoms. The minimum atomic E-state index is 0.504. The van der Waals surface area contributed by atoms with E-state index in [9.17, 15) is 0 Å². The van der Waals surface area contributed by atoms with E-state index in [0.717, 1.165) is 36.9 Å². The van der Waals surface area contributed by atoms with Crippen molar-refractivity contribution in [1.82, 2.24) is 9.88 Å². The largest absolute Gasteiger partial charge is 0.345 e. The highest BCUT2D eigenvalue weighted by Gasteiger charge is 2.24. The normalized spacial score (nSPS) is 18.8. The Hall–Kier alpha value is -1.83. The van der Waals surface area contributed by atoms with Crippen molar-refractivity contribution in [1.29, 1.82) is 0 Å². The molecular formula is C18H21N3S. The highest BCUT2D eigenvalue weighted by atomic mass is 32.1. The average Bonchev–Trinajstić information content (AvgIpc) is 3.03. The van der Waals surface area contributed by atoms with Crippen molar-refractivity contribution in [3.8, 4) is 11.8 Å². The van der Waals surface area contributed by atoms with Crippen LogP contribution in [0.3, 0.4) is 0 Å². The van der Waals surface area contributed by atoms with Gasteiger partial charge in [-0.15, -0.1) is 11.3 Å². The monoisotopic (exact) mass is 311 g/mol. The summed E-state index contributed by atoms with van der Waals surface area (Å²) in [7, 11) is 0. The third-order valence-corrected chi connectivity index (χ3v) is 4.82. The fourth-order valence-corrected chi connectivity index (χ4v) is 3.42. The highest BCUT2D eigenvalue weighted by molar-refractivity contribution is 7.13. The lowest BCUT2D eigenvalue weighted by molar-refractivity contribution is 0.213. The minimum Gasteiger partial charge on any atom is -0.345 e. The Morgan fingerprint density at radius 2 is 2.27 bits per heavy atom. The molecule has 1 fully saturated rings. The van der Waals surface area contributed by atoms with Crippen LogP contribution in [0.25, 0.3) is 0 Å². The molecule has 2 heterocycles. The van der Waals surface area contributed by atoms with Crippen molar-refractivity contribution in [3.63, 3.8) is 0 Å². The zero-order valence-corrected chi connectivity index (χ0v) is 13.9. The number of nitrogens with zero attached hydrogens (tertiary/aromatic N) is 3. The summed E-state index contributed by atoms with van der Waals surface area (Å²) in [6.45, 7) is 8.31. The zero-order valence-electron chi connectivity index (χ0n) is 13.1. The van der Waals surface area contributed by atoms with Crippen molar-refractivity contribution in [2.75, 3.05) is 31.1 Å². The molecule has 0 amide bonds. The van der Waals surface area contributed by atoms with Gasteiger partial charge in [-0.1, -0.05) is 24.0 Å². The molecule has 3 nitrogen and oxygen atoms in total. The Morgan fingerprint density at radius 1 is 1.36 bits per heavy atom. The van der Waals surface area contributed by atoms with Crippen LogP contribution in [-0.2, 0) is 0 Å². The molecule has 1 aromatic heterocycles. The third-order valence-electron chi connectivity index (χ3n) is 3.99. The summed E-state index contributed by atoms with van der Waals surface area (Å²) in [4.78, 5) is 9.23. The topological polar surface area (TPSA) is 19.4 Å². The van der Waals surface area contributed by atoms with Gasteiger partial charge >= 0.3 is 0 Å². The number of rotatable bonds is 2. The molecule has 1 atom stereocenters. The van der Waals surface area contributed by atoms with Crippen molar-refractivity contribution in [2.45, 2.75) is 19.9 Å². The maximum atomic E-state index is 4.41. The number of hydrogen-bond donors (Lipinski definition) is 0. The van der Waals surface area contributed by atoms with E-state index >= 15 is 0 Å². The fraction of sp³-hybridized carbons (Fsp3) is 0.389. The van der Waals surface area contributed by atoms with Crippen LogP contribution in [-0.4, -0.2) is 42.1 Å². The number of piperazine rings is 1. The predicted molar refractivity (Wildman–Crippen MR) is 93.4 cm³/mol. The lowest BCUT2D eigenvalue weighted by Crippen LogP contribution is -2.52. The molecule has 2 aromatic rings. The van der Waals surface area contributed by atoms with Crippen LogP contribution < -0.4 is 4.90 Å². The predicted octanol–water partition coefficient (Wildman–Crippen LogP) is 3.01. The van der Waals surface area contributed by atoms with Crippen LogP contribution in [0.1, 0.15) is 18.1 Å². The number of aromatic nitrogens is 1. The molecule has 0 radical (unpaired) electrons. The molecule has 0 aliphatic carbocycles. The summed E-state index contributed by atoms with van der Waals surface area (Å²) in [6.07, 6.45) is 1.88. The van der Waals surface area contributed by atoms with E-state index in [-0.39, 0.29) is 0 Å². The second kappa shape index (κ2) is 6.95. The molecule has 1 aliphatic rings. The summed E-state index contributed by atoms with van der Waals surface area (Å²) in [5.74, 6) is 6.60. The summed E-state index contributed by atoms with van der Waals surface area (Å²) in [5, 5.41) is 3.18. The quantitative estimate of drug-likeness (QED) is 0.795. The second-order valence-corrected chi connectivity index (χ2v) is 6.62. The molecule has 0 N–H and O–H groups in total. The fourth-order valence-electron chi connectivity index (χ4n) is 2.74. The van der Waals surface area contributed by atoms with Gasteiger partial charge in [0.25, 0.3) is 0 Å². The SMILES string of the molecule is Cc1cccc(C#CCN2CCN(c3nccs3)CC2C)c1. The van der Waals surface area contributed by atoms with Gasteiger partial charge in [-0.05, 0) is 31.5 Å². The number of benzene rings is 1. The van der Waals surface area contributed by atoms with Crippen LogP contribution in [0.4, 0.5) is 5.13 Å². The first-order chi connectivity index (χ1) is 10.7. The van der Waals surface area contributed by atoms with Crippen molar-refractivity contribution in [3.05, 3.63) is 47.0 Å². The van der Waals surface area contributed by atoms with Crippen LogP contribution >= 0.6 is 11.3 Å². The van der Waals surface area contributed by atoms with Gasteiger partial charge in [0.1, 0.15) is 0 Å². The van der Waals surface area contributed by atoms with Gasteiger partial charge in [0.2, 0.25) is 0 Å². The minimum absolute atomic E-state index is 0.504. The van der Waals surface area contributed by atoms with Crippen LogP contribution in [0.15, 0.2) is 35.8 Å². The molecule has 4 heteroatoms. The van der Waals surface area contributed by atoms with Gasteiger partial charge in [-0.25, -0.2) is 4.98 Å². The molecule has 22 heavy (non-hydrogen) atoms. The first kappa shape index (κ1) is 15.1. The van der Waals surface area contributed by atoms with Crippen molar-refractivity contribution < 1.29 is 0 Å². The number of aryl methyl sites for hydroxylation is 1. The van der Waals surface area contributed by atoms with Crippen molar-refractivity contribution >= 4 is 16.5 Å². The molecule has 114 valence electrons. The smallest absolute Gasteiger partial charge is 0.185 e. The number of thiazole rings is 1. The zero-order chi connectivity index (χ0) is 15.4. The Kier molecular flexibility index (Phi) is 4.77. The van der Waals surface area contributed by atoms with Gasteiger partial charge in [-0.3, -0.25) is 4.90 Å². The van der Waals surface area contributed by atoms with E-state index < -0.39 is 0 Å². The first-order valence-corrected chi connectivity index (χ1v) is 8.54. The molecule has 0 saturated carbocycles. The summed E-state index contributed by atoms with van der Waals surface area (Å²) in [6, 6.07) is 8.88. The van der Waals surface area contributed by atoms with Gasteiger partial charge in [0, 0.05) is 42.8 Å². The highest BCUT2D eigenvalue weighted by Crippen LogP contribution is 2.20. The maximum Gasteiger partial charge on any atom is 0.185 e. The Bertz CT molecular complexity index is 669. The standard InChI is InChI=1S/C18H21N3S/c1-15-5-3-6-17(13-15)7-4-9-20-10-11-21(14-16(20)2)18-19-8-12-22-18/h3,5-6,8,12-13,16H,9-11,14H2,1-2H3. The van der Waals surface area contributed by atoms with Crippen molar-refractivity contribution in [2.24, 2.45) is 0 Å². The summed E-state index contributed by atoms with van der Waals surface area (Å²) in [5.41, 5.74) is 2.37. The van der Waals surface area contributed by atoms with E-state index in [0.29, 0.717) is 6.04 Å². The third kappa shape index (κ3) is 3.68. The summed E-state index contributed by atoms with van der Waals surface area (Å²) >= 11 is 1.72. The molecule has 1 aliphatic heterocycles. The van der Waals surface area contributed by atoms with Gasteiger partial charge in [0.15, 0.2) is 5.13 Å². The number of anilines is 1. The number of hydrogen-bond acceptors (Lipinski definition) is 4. The molecule has 3 rings (SSSR count). The van der Waals surface area contributed by atoms with Crippen LogP contribution in [0, 0.1) is 18.8 Å². The van der Waals surface area contributed by atoms with Crippen LogP contribution in [0.2, 0.25) is 0 Å². The van der Waals surface area contributed by atoms with E-state index in [1.807, 2.05) is 11.6 Å². The van der Waals surface area contributed by atoms with Gasteiger partial charge in [-0.2, -0.15) is 0 Å². The first-order valence-electron chi connectivity index (χ1n) is 7.66. The summed E-state index contributed by atoms with van der Waals surface area (Å²) < 4.78 is 0. The van der Waals surface area contributed by atoms with E-state index in [1.54, 1.807) is 11.3 Å². The average molecular weight is 311 g/mol. The van der Waals surface area contributed by atoms with E-state index in [1.165, 1.54) is 5.56 Å². The molecule has 1 unspecified atom stereocenters. The molecule has 1 saturated heterocycles. The van der Waals surface area contributed by atoms with Gasteiger partial charge < -0.3 is 4.90 Å². The van der Waals surface area contributed by atoms with Gasteiger partial charge in [0.05, 0.1) is 6.54 Å². The Labute approximate surface area is 136 Å². The lowest BCUT2D eigenvalue weighted by atomic mass is 10.1. The second-order valence-electron chi connectivity index (χ2n) is 5.75. The molecular weight excluding hydrogens is 290 g/mol.